The molecule has 0 unspecified atom stereocenters. The molecule has 2 saturated heterocycles. The highest BCUT2D eigenvalue weighted by Gasteiger charge is 2.51. The van der Waals surface area contributed by atoms with Crippen molar-refractivity contribution in [2.24, 2.45) is 0 Å². The Kier molecular flexibility index (Phi) is 3.71. The maximum Gasteiger partial charge on any atom is 0.177 e. The third-order valence-electron chi connectivity index (χ3n) is 3.91. The van der Waals surface area contributed by atoms with Crippen LogP contribution in [0.1, 0.15) is 0 Å². The van der Waals surface area contributed by atoms with Crippen molar-refractivity contribution < 1.29 is 8.42 Å². The molecule has 0 aromatic heterocycles. The zero-order valence-electron chi connectivity index (χ0n) is 11.3. The zero-order chi connectivity index (χ0) is 15.2. The van der Waals surface area contributed by atoms with Crippen molar-refractivity contribution in [2.45, 2.75) is 12.1 Å². The van der Waals surface area contributed by atoms with E-state index in [2.05, 4.69) is 6.58 Å². The van der Waals surface area contributed by atoms with Crippen LogP contribution in [0.5, 0.6) is 0 Å². The first-order chi connectivity index (χ1) is 9.93. The first-order valence-corrected chi connectivity index (χ1v) is 9.20. The number of rotatable bonds is 3. The van der Waals surface area contributed by atoms with Crippen LogP contribution in [0.15, 0.2) is 36.9 Å². The largest absolute Gasteiger partial charge is 0.339 e. The van der Waals surface area contributed by atoms with Crippen LogP contribution in [0.3, 0.4) is 0 Å². The number of sulfone groups is 1. The second-order valence-corrected chi connectivity index (χ2v) is 8.24. The summed E-state index contributed by atoms with van der Waals surface area (Å²) in [5, 5.41) is 1.30. The number of fused-ring (bicyclic) bond motifs is 1. The SMILES string of the molecule is C=CCN1C(=S)N(c2ccc(Cl)cc2)[C@H]2CS(=O)(=O)C[C@@H]21. The van der Waals surface area contributed by atoms with Gasteiger partial charge in [0, 0.05) is 17.3 Å². The summed E-state index contributed by atoms with van der Waals surface area (Å²) in [5.41, 5.74) is 0.878. The predicted molar refractivity (Wildman–Crippen MR) is 89.7 cm³/mol. The van der Waals surface area contributed by atoms with Gasteiger partial charge >= 0.3 is 0 Å². The molecule has 0 radical (unpaired) electrons. The summed E-state index contributed by atoms with van der Waals surface area (Å²) < 4.78 is 24.0. The molecule has 0 saturated carbocycles. The van der Waals surface area contributed by atoms with Crippen molar-refractivity contribution in [1.29, 1.82) is 0 Å². The highest BCUT2D eigenvalue weighted by molar-refractivity contribution is 7.91. The summed E-state index contributed by atoms with van der Waals surface area (Å²) in [5.74, 6) is 0.282. The van der Waals surface area contributed by atoms with Gasteiger partial charge in [0.05, 0.1) is 23.6 Å². The molecule has 7 heteroatoms. The number of nitrogens with zero attached hydrogens (tertiary/aromatic N) is 2. The summed E-state index contributed by atoms with van der Waals surface area (Å²) in [6, 6.07) is 7.07. The van der Waals surface area contributed by atoms with E-state index in [0.29, 0.717) is 16.7 Å². The lowest BCUT2D eigenvalue weighted by atomic mass is 10.1. The third-order valence-corrected chi connectivity index (χ3v) is 6.29. The first-order valence-electron chi connectivity index (χ1n) is 6.59. The first kappa shape index (κ1) is 14.8. The quantitative estimate of drug-likeness (QED) is 0.621. The maximum atomic E-state index is 12.0. The number of hydrogen-bond acceptors (Lipinski definition) is 3. The van der Waals surface area contributed by atoms with Crippen LogP contribution in [0.2, 0.25) is 5.02 Å². The number of hydrogen-bond donors (Lipinski definition) is 0. The molecule has 4 nitrogen and oxygen atoms in total. The molecule has 2 aliphatic rings. The van der Waals surface area contributed by atoms with Gasteiger partial charge in [0.2, 0.25) is 0 Å². The fraction of sp³-hybridized carbons (Fsp3) is 0.357. The van der Waals surface area contributed by atoms with Crippen LogP contribution in [-0.2, 0) is 9.84 Å². The Bertz CT molecular complexity index is 687. The summed E-state index contributed by atoms with van der Waals surface area (Å²) in [6.07, 6.45) is 1.75. The van der Waals surface area contributed by atoms with Gasteiger partial charge in [-0.25, -0.2) is 8.42 Å². The molecular weight excluding hydrogens is 328 g/mol. The van der Waals surface area contributed by atoms with Gasteiger partial charge in [0.1, 0.15) is 0 Å². The van der Waals surface area contributed by atoms with Crippen LogP contribution in [0, 0.1) is 0 Å². The second-order valence-electron chi connectivity index (χ2n) is 5.28. The second kappa shape index (κ2) is 5.26. The van der Waals surface area contributed by atoms with Gasteiger partial charge in [-0.1, -0.05) is 17.7 Å². The molecule has 21 heavy (non-hydrogen) atoms. The normalized spacial score (nSPS) is 27.0. The van der Waals surface area contributed by atoms with Crippen molar-refractivity contribution in [3.8, 4) is 0 Å². The lowest BCUT2D eigenvalue weighted by molar-refractivity contribution is 0.389. The molecule has 2 atom stereocenters. The molecule has 1 aromatic rings. The maximum absolute atomic E-state index is 12.0. The van der Waals surface area contributed by atoms with E-state index >= 15 is 0 Å². The van der Waals surface area contributed by atoms with Gasteiger partial charge in [0.15, 0.2) is 14.9 Å². The van der Waals surface area contributed by atoms with E-state index in [4.69, 9.17) is 23.8 Å². The minimum atomic E-state index is -3.03. The Hall–Kier alpha value is -1.11. The highest BCUT2D eigenvalue weighted by Crippen LogP contribution is 2.35. The fourth-order valence-corrected chi connectivity index (χ4v) is 5.56. The van der Waals surface area contributed by atoms with Crippen LogP contribution < -0.4 is 4.90 Å². The third kappa shape index (κ3) is 2.56. The van der Waals surface area contributed by atoms with E-state index in [9.17, 15) is 8.42 Å². The summed E-state index contributed by atoms with van der Waals surface area (Å²) in [6.45, 7) is 4.29. The van der Waals surface area contributed by atoms with Crippen molar-refractivity contribution in [2.75, 3.05) is 23.0 Å². The van der Waals surface area contributed by atoms with Crippen LogP contribution in [0.4, 0.5) is 5.69 Å². The van der Waals surface area contributed by atoms with Crippen molar-refractivity contribution in [3.05, 3.63) is 41.9 Å². The number of anilines is 1. The lowest BCUT2D eigenvalue weighted by Gasteiger charge is -2.24. The Balaban J connectivity index is 2.01. The van der Waals surface area contributed by atoms with Crippen LogP contribution in [-0.4, -0.2) is 48.6 Å². The Labute approximate surface area is 134 Å². The molecule has 0 aliphatic carbocycles. The number of benzene rings is 1. The van der Waals surface area contributed by atoms with E-state index in [1.165, 1.54) is 0 Å². The zero-order valence-corrected chi connectivity index (χ0v) is 13.7. The molecule has 2 aliphatic heterocycles. The van der Waals surface area contributed by atoms with Crippen LogP contribution >= 0.6 is 23.8 Å². The molecule has 2 fully saturated rings. The van der Waals surface area contributed by atoms with Gasteiger partial charge < -0.3 is 9.80 Å². The standard InChI is InChI=1S/C14H15ClN2O2S2/c1-2-7-16-12-8-21(18,19)9-13(12)17(14(16)20)11-5-3-10(15)4-6-11/h2-6,12-13H,1,7-9H2/t12-,13-/m0/s1. The predicted octanol–water partition coefficient (Wildman–Crippen LogP) is 2.10. The molecular formula is C14H15ClN2O2S2. The van der Waals surface area contributed by atoms with Gasteiger partial charge in [-0.2, -0.15) is 0 Å². The number of halogens is 1. The van der Waals surface area contributed by atoms with E-state index in [0.717, 1.165) is 5.69 Å². The van der Waals surface area contributed by atoms with Crippen molar-refractivity contribution in [3.63, 3.8) is 0 Å². The van der Waals surface area contributed by atoms with Crippen molar-refractivity contribution >= 4 is 44.5 Å². The molecule has 0 amide bonds. The van der Waals surface area contributed by atoms with E-state index < -0.39 is 9.84 Å². The van der Waals surface area contributed by atoms with E-state index in [1.807, 2.05) is 21.9 Å². The molecule has 0 spiro atoms. The minimum Gasteiger partial charge on any atom is -0.339 e. The number of thiocarbonyl (C=S) groups is 1. The Morgan fingerprint density at radius 2 is 1.90 bits per heavy atom. The average molecular weight is 343 g/mol. The molecule has 2 heterocycles. The van der Waals surface area contributed by atoms with Crippen molar-refractivity contribution in [1.82, 2.24) is 4.90 Å². The smallest absolute Gasteiger partial charge is 0.177 e. The molecule has 3 rings (SSSR count). The highest BCUT2D eigenvalue weighted by atomic mass is 35.5. The molecule has 112 valence electrons. The summed E-state index contributed by atoms with van der Waals surface area (Å²) in [4.78, 5) is 3.89. The lowest BCUT2D eigenvalue weighted by Crippen LogP contribution is -2.37. The minimum absolute atomic E-state index is 0.101. The van der Waals surface area contributed by atoms with E-state index in [1.54, 1.807) is 18.2 Å². The summed E-state index contributed by atoms with van der Waals surface area (Å²) in [7, 11) is -3.03. The Morgan fingerprint density at radius 3 is 2.52 bits per heavy atom. The monoisotopic (exact) mass is 342 g/mol. The van der Waals surface area contributed by atoms with Crippen LogP contribution in [0.25, 0.3) is 0 Å². The topological polar surface area (TPSA) is 40.6 Å². The average Bonchev–Trinajstić information content (AvgIpc) is 2.84. The molecule has 0 bridgehead atoms. The molecule has 0 N–H and O–H groups in total. The molecule has 1 aromatic carbocycles. The van der Waals surface area contributed by atoms with E-state index in [-0.39, 0.29) is 23.6 Å². The van der Waals surface area contributed by atoms with Gasteiger partial charge in [0.25, 0.3) is 0 Å². The van der Waals surface area contributed by atoms with Gasteiger partial charge in [-0.15, -0.1) is 6.58 Å². The Morgan fingerprint density at radius 1 is 1.29 bits per heavy atom. The summed E-state index contributed by atoms with van der Waals surface area (Å²) >= 11 is 11.5. The van der Waals surface area contributed by atoms with Gasteiger partial charge in [-0.3, -0.25) is 0 Å². The van der Waals surface area contributed by atoms with Gasteiger partial charge in [-0.05, 0) is 36.5 Å². The fourth-order valence-electron chi connectivity index (χ4n) is 3.03.